The molecule has 1 amide bonds. The molecule has 27 heavy (non-hydrogen) atoms. The maximum atomic E-state index is 12.8. The number of rotatable bonds is 5. The summed E-state index contributed by atoms with van der Waals surface area (Å²) in [6.07, 6.45) is 1.01. The van der Waals surface area contributed by atoms with E-state index >= 15 is 0 Å². The molecule has 3 heterocycles. The van der Waals surface area contributed by atoms with Crippen molar-refractivity contribution in [3.8, 4) is 5.75 Å². The minimum absolute atomic E-state index is 0.225. The van der Waals surface area contributed by atoms with Crippen LogP contribution < -0.4 is 10.1 Å². The summed E-state index contributed by atoms with van der Waals surface area (Å²) in [5.41, 5.74) is 2.04. The Morgan fingerprint density at radius 1 is 1.33 bits per heavy atom. The van der Waals surface area contributed by atoms with Crippen molar-refractivity contribution in [2.45, 2.75) is 18.8 Å². The third-order valence-corrected chi connectivity index (χ3v) is 4.70. The summed E-state index contributed by atoms with van der Waals surface area (Å²) in [7, 11) is 3.57. The zero-order valence-corrected chi connectivity index (χ0v) is 15.1. The van der Waals surface area contributed by atoms with Crippen LogP contribution in [0.25, 0.3) is 10.9 Å². The Morgan fingerprint density at radius 2 is 2.19 bits per heavy atom. The summed E-state index contributed by atoms with van der Waals surface area (Å²) in [6.45, 7) is 0.889. The van der Waals surface area contributed by atoms with E-state index in [0.717, 1.165) is 5.69 Å². The van der Waals surface area contributed by atoms with Gasteiger partial charge in [-0.1, -0.05) is 0 Å². The smallest absolute Gasteiger partial charge is 0.270 e. The maximum absolute atomic E-state index is 12.8. The highest BCUT2D eigenvalue weighted by Crippen LogP contribution is 2.24. The van der Waals surface area contributed by atoms with Gasteiger partial charge in [0.15, 0.2) is 0 Å². The maximum Gasteiger partial charge on any atom is 0.270 e. The zero-order chi connectivity index (χ0) is 19.0. The van der Waals surface area contributed by atoms with Gasteiger partial charge in [0.25, 0.3) is 5.91 Å². The van der Waals surface area contributed by atoms with Crippen molar-refractivity contribution in [1.82, 2.24) is 24.9 Å². The number of aromatic nitrogens is 4. The molecule has 0 aliphatic carbocycles. The Bertz CT molecular complexity index is 979. The summed E-state index contributed by atoms with van der Waals surface area (Å²) >= 11 is 0. The third kappa shape index (κ3) is 3.38. The second-order valence-corrected chi connectivity index (χ2v) is 6.57. The van der Waals surface area contributed by atoms with Gasteiger partial charge in [-0.3, -0.25) is 14.2 Å². The van der Waals surface area contributed by atoms with E-state index in [2.05, 4.69) is 15.5 Å². The van der Waals surface area contributed by atoms with Crippen LogP contribution in [-0.2, 0) is 25.4 Å². The Hall–Kier alpha value is -2.91. The Labute approximate surface area is 155 Å². The monoisotopic (exact) mass is 371 g/mol. The number of aliphatic hydroxyl groups excluding tert-OH is 1. The molecule has 2 N–H and O–H groups in total. The number of fused-ring (bicyclic) bond motifs is 1. The molecular formula is C18H21N5O4. The molecule has 0 radical (unpaired) electrons. The number of aryl methyl sites for hydroxylation is 2. The lowest BCUT2D eigenvalue weighted by atomic mass is 10.1. The van der Waals surface area contributed by atoms with Gasteiger partial charge in [-0.2, -0.15) is 10.2 Å². The quantitative estimate of drug-likeness (QED) is 0.672. The van der Waals surface area contributed by atoms with Gasteiger partial charge in [0, 0.05) is 25.7 Å². The molecule has 1 aliphatic heterocycles. The number of amides is 1. The number of benzene rings is 1. The van der Waals surface area contributed by atoms with Crippen LogP contribution in [0.4, 0.5) is 0 Å². The fourth-order valence-electron chi connectivity index (χ4n) is 3.15. The van der Waals surface area contributed by atoms with Crippen molar-refractivity contribution >= 4 is 16.8 Å². The number of hydrogen-bond donors (Lipinski definition) is 2. The lowest BCUT2D eigenvalue weighted by Crippen LogP contribution is -2.43. The molecule has 9 nitrogen and oxygen atoms in total. The fraction of sp³-hybridized carbons (Fsp3) is 0.389. The number of aliphatic hydroxyl groups is 1. The molecule has 1 aromatic carbocycles. The second kappa shape index (κ2) is 7.01. The second-order valence-electron chi connectivity index (χ2n) is 6.57. The molecule has 142 valence electrons. The van der Waals surface area contributed by atoms with E-state index in [1.54, 1.807) is 24.0 Å². The van der Waals surface area contributed by atoms with E-state index < -0.39 is 12.1 Å². The van der Waals surface area contributed by atoms with E-state index in [1.807, 2.05) is 25.2 Å². The molecule has 0 spiro atoms. The highest BCUT2D eigenvalue weighted by atomic mass is 16.5. The van der Waals surface area contributed by atoms with Crippen LogP contribution in [0.3, 0.4) is 0 Å². The molecule has 2 aromatic heterocycles. The van der Waals surface area contributed by atoms with Crippen LogP contribution in [0.1, 0.15) is 16.2 Å². The molecule has 0 bridgehead atoms. The van der Waals surface area contributed by atoms with Gasteiger partial charge in [-0.25, -0.2) is 0 Å². The topological polar surface area (TPSA) is 103 Å². The van der Waals surface area contributed by atoms with Gasteiger partial charge >= 0.3 is 0 Å². The van der Waals surface area contributed by atoms with Crippen LogP contribution in [0.15, 0.2) is 30.5 Å². The van der Waals surface area contributed by atoms with E-state index in [4.69, 9.17) is 9.47 Å². The summed E-state index contributed by atoms with van der Waals surface area (Å²) in [4.78, 5) is 12.8. The van der Waals surface area contributed by atoms with Crippen LogP contribution in [-0.4, -0.2) is 55.9 Å². The van der Waals surface area contributed by atoms with Crippen molar-refractivity contribution in [3.63, 3.8) is 0 Å². The molecule has 0 saturated carbocycles. The van der Waals surface area contributed by atoms with Crippen molar-refractivity contribution in [3.05, 3.63) is 41.9 Å². The lowest BCUT2D eigenvalue weighted by molar-refractivity contribution is 0.0879. The number of nitrogens with one attached hydrogen (secondary N) is 1. The average Bonchev–Trinajstić information content (AvgIpc) is 3.31. The molecule has 3 aromatic rings. The number of nitrogens with zero attached hydrogens (tertiary/aromatic N) is 4. The van der Waals surface area contributed by atoms with Crippen molar-refractivity contribution in [2.75, 3.05) is 13.2 Å². The first-order chi connectivity index (χ1) is 13.0. The molecule has 9 heteroatoms. The normalized spacial score (nSPS) is 19.5. The third-order valence-electron chi connectivity index (χ3n) is 4.70. The van der Waals surface area contributed by atoms with E-state index in [1.165, 1.54) is 4.68 Å². The molecule has 4 rings (SSSR count). The van der Waals surface area contributed by atoms with Gasteiger partial charge in [0.05, 0.1) is 36.6 Å². The lowest BCUT2D eigenvalue weighted by Gasteiger charge is -2.14. The number of hydrogen-bond acceptors (Lipinski definition) is 6. The zero-order valence-electron chi connectivity index (χ0n) is 15.1. The minimum Gasteiger partial charge on any atom is -0.487 e. The largest absolute Gasteiger partial charge is 0.487 e. The van der Waals surface area contributed by atoms with Crippen molar-refractivity contribution in [2.24, 2.45) is 14.1 Å². The Balaban J connectivity index is 1.57. The number of carbonyl (C=O) groups excluding carboxylic acids is 1. The molecule has 1 saturated heterocycles. The summed E-state index contributed by atoms with van der Waals surface area (Å²) in [5.74, 6) is 0.327. The summed E-state index contributed by atoms with van der Waals surface area (Å²) in [5, 5.41) is 21.9. The van der Waals surface area contributed by atoms with E-state index in [9.17, 15) is 9.90 Å². The highest BCUT2D eigenvalue weighted by molar-refractivity contribution is 6.05. The Kier molecular flexibility index (Phi) is 4.54. The van der Waals surface area contributed by atoms with Crippen molar-refractivity contribution < 1.29 is 19.4 Å². The number of ether oxygens (including phenoxy) is 2. The fourth-order valence-corrected chi connectivity index (χ4v) is 3.15. The van der Waals surface area contributed by atoms with Crippen LogP contribution in [0, 0.1) is 0 Å². The van der Waals surface area contributed by atoms with Crippen molar-refractivity contribution in [1.29, 1.82) is 0 Å². The van der Waals surface area contributed by atoms with Gasteiger partial charge in [-0.15, -0.1) is 0 Å². The van der Waals surface area contributed by atoms with Crippen LogP contribution in [0.2, 0.25) is 0 Å². The highest BCUT2D eigenvalue weighted by Gasteiger charge is 2.29. The molecule has 1 aliphatic rings. The number of carbonyl (C=O) groups is 1. The average molecular weight is 371 g/mol. The first-order valence-electron chi connectivity index (χ1n) is 8.66. The first kappa shape index (κ1) is 17.5. The van der Waals surface area contributed by atoms with Crippen LogP contribution in [0.5, 0.6) is 5.75 Å². The van der Waals surface area contributed by atoms with E-state index in [-0.39, 0.29) is 12.5 Å². The first-order valence-corrected chi connectivity index (χ1v) is 8.66. The van der Waals surface area contributed by atoms with Gasteiger partial charge in [0.1, 0.15) is 18.1 Å². The van der Waals surface area contributed by atoms with E-state index in [0.29, 0.717) is 35.6 Å². The summed E-state index contributed by atoms with van der Waals surface area (Å²) < 4.78 is 14.3. The molecule has 2 atom stereocenters. The molecule has 1 fully saturated rings. The molecule has 2 unspecified atom stereocenters. The van der Waals surface area contributed by atoms with Gasteiger partial charge in [0.2, 0.25) is 0 Å². The van der Waals surface area contributed by atoms with Crippen LogP contribution >= 0.6 is 0 Å². The molecular weight excluding hydrogens is 350 g/mol. The van der Waals surface area contributed by atoms with Gasteiger partial charge < -0.3 is 19.9 Å². The Morgan fingerprint density at radius 3 is 2.89 bits per heavy atom. The summed E-state index contributed by atoms with van der Waals surface area (Å²) in [6, 6.07) is 6.90. The predicted octanol–water partition coefficient (Wildman–Crippen LogP) is 0.375. The SMILES string of the molecule is Cn1nccc1COc1ccc2nn(C)c(C(=O)NC3COCC3O)c2c1. The van der Waals surface area contributed by atoms with Gasteiger partial charge in [-0.05, 0) is 24.3 Å². The standard InChI is InChI=1S/C18H21N5O4/c1-22-11(5-6-19-22)8-27-12-3-4-14-13(7-12)17(23(2)21-14)18(25)20-15-9-26-10-16(15)24/h3-7,15-16,24H,8-10H2,1-2H3,(H,20,25). The minimum atomic E-state index is -0.703. The predicted molar refractivity (Wildman–Crippen MR) is 96.3 cm³/mol.